The summed E-state index contributed by atoms with van der Waals surface area (Å²) >= 11 is 1.64. The molecule has 3 heterocycles. The van der Waals surface area contributed by atoms with Crippen LogP contribution in [0.2, 0.25) is 0 Å². The number of aryl methyl sites for hydroxylation is 1. The zero-order valence-electron chi connectivity index (χ0n) is 18.8. The molecule has 2 aromatic carbocycles. The summed E-state index contributed by atoms with van der Waals surface area (Å²) in [6.45, 7) is 1.10. The van der Waals surface area contributed by atoms with Crippen molar-refractivity contribution in [2.75, 3.05) is 7.11 Å². The fraction of sp³-hybridized carbons (Fsp3) is 0.269. The summed E-state index contributed by atoms with van der Waals surface area (Å²) < 4.78 is 12.3. The lowest BCUT2D eigenvalue weighted by atomic mass is 9.93. The van der Waals surface area contributed by atoms with Crippen molar-refractivity contribution >= 4 is 32.3 Å². The first-order valence-corrected chi connectivity index (χ1v) is 12.2. The molecule has 5 aromatic rings. The summed E-state index contributed by atoms with van der Waals surface area (Å²) in [4.78, 5) is 20.4. The van der Waals surface area contributed by atoms with E-state index < -0.39 is 0 Å². The number of benzene rings is 2. The molecule has 6 rings (SSSR count). The van der Waals surface area contributed by atoms with Gasteiger partial charge < -0.3 is 14.6 Å². The Bertz CT molecular complexity index is 1540. The van der Waals surface area contributed by atoms with Crippen LogP contribution in [0.3, 0.4) is 0 Å². The monoisotopic (exact) mass is 472 g/mol. The Kier molecular flexibility index (Phi) is 5.39. The van der Waals surface area contributed by atoms with E-state index in [0.29, 0.717) is 19.1 Å². The van der Waals surface area contributed by atoms with E-state index in [-0.39, 0.29) is 5.56 Å². The molecule has 1 aliphatic carbocycles. The molecule has 0 bridgehead atoms. The molecule has 7 nitrogen and oxygen atoms in total. The van der Waals surface area contributed by atoms with E-state index in [2.05, 4.69) is 27.6 Å². The second-order valence-electron chi connectivity index (χ2n) is 8.64. The number of nitrogens with one attached hydrogen (secondary N) is 1. The molecule has 0 amide bonds. The van der Waals surface area contributed by atoms with E-state index in [4.69, 9.17) is 9.26 Å². The zero-order chi connectivity index (χ0) is 23.1. The molecule has 1 unspecified atom stereocenters. The first kappa shape index (κ1) is 21.1. The molecule has 0 aliphatic heterocycles. The molecule has 0 saturated carbocycles. The Morgan fingerprint density at radius 2 is 2.15 bits per heavy atom. The number of aromatic nitrogens is 3. The van der Waals surface area contributed by atoms with E-state index in [1.54, 1.807) is 35.6 Å². The third-order valence-electron chi connectivity index (χ3n) is 6.64. The molecular formula is C26H24N4O3S. The number of methoxy groups -OCH3 is 1. The van der Waals surface area contributed by atoms with Gasteiger partial charge in [-0.25, -0.2) is 4.98 Å². The second-order valence-corrected chi connectivity index (χ2v) is 9.72. The van der Waals surface area contributed by atoms with Crippen molar-refractivity contribution < 1.29 is 9.26 Å². The summed E-state index contributed by atoms with van der Waals surface area (Å²) in [7, 11) is 1.67. The van der Waals surface area contributed by atoms with E-state index in [1.165, 1.54) is 4.88 Å². The Morgan fingerprint density at radius 1 is 1.24 bits per heavy atom. The molecule has 3 aromatic heterocycles. The van der Waals surface area contributed by atoms with Crippen molar-refractivity contribution in [2.45, 2.75) is 38.4 Å². The Morgan fingerprint density at radius 3 is 3.00 bits per heavy atom. The normalized spacial score (nSPS) is 15.6. The van der Waals surface area contributed by atoms with Gasteiger partial charge in [0, 0.05) is 29.1 Å². The van der Waals surface area contributed by atoms with Crippen molar-refractivity contribution in [2.24, 2.45) is 0 Å². The molecule has 1 aliphatic rings. The predicted molar refractivity (Wildman–Crippen MR) is 133 cm³/mol. The number of hydrogen-bond acceptors (Lipinski definition) is 7. The fourth-order valence-electron chi connectivity index (χ4n) is 4.91. The van der Waals surface area contributed by atoms with Crippen LogP contribution in [0.1, 0.15) is 28.1 Å². The van der Waals surface area contributed by atoms with Crippen LogP contribution in [0.4, 0.5) is 0 Å². The van der Waals surface area contributed by atoms with Gasteiger partial charge in [-0.1, -0.05) is 35.5 Å². The lowest BCUT2D eigenvalue weighted by Crippen LogP contribution is -2.34. The van der Waals surface area contributed by atoms with E-state index >= 15 is 0 Å². The highest BCUT2D eigenvalue weighted by Crippen LogP contribution is 2.34. The first-order chi connectivity index (χ1) is 16.7. The van der Waals surface area contributed by atoms with Gasteiger partial charge in [0.25, 0.3) is 5.56 Å². The molecule has 0 spiro atoms. The third-order valence-corrected chi connectivity index (χ3v) is 7.81. The van der Waals surface area contributed by atoms with Gasteiger partial charge in [0.15, 0.2) is 0 Å². The van der Waals surface area contributed by atoms with Gasteiger partial charge in [0.2, 0.25) is 0 Å². The van der Waals surface area contributed by atoms with Crippen molar-refractivity contribution in [1.82, 2.24) is 20.0 Å². The fourth-order valence-corrected chi connectivity index (χ4v) is 6.16. The van der Waals surface area contributed by atoms with Crippen LogP contribution in [0, 0.1) is 0 Å². The number of thiophene rings is 1. The minimum atomic E-state index is 0.0199. The summed E-state index contributed by atoms with van der Waals surface area (Å²) in [5.74, 6) is 0.777. The standard InChI is InChI=1S/C26H24N4O3S/c1-32-22-9-6-16-4-2-3-5-19(16)21(22)14-30-15-28-25-24(26(30)31)20-8-7-17(12-23(20)34-25)27-13-18-10-11-33-29-18/h2-6,9-11,15,17,27H,7-8,12-14H2,1H3. The Balaban J connectivity index is 1.33. The van der Waals surface area contributed by atoms with Gasteiger partial charge in [-0.3, -0.25) is 9.36 Å². The van der Waals surface area contributed by atoms with Gasteiger partial charge in [-0.05, 0) is 41.7 Å². The predicted octanol–water partition coefficient (Wildman–Crippen LogP) is 4.30. The molecule has 8 heteroatoms. The maximum absolute atomic E-state index is 13.6. The third kappa shape index (κ3) is 3.69. The van der Waals surface area contributed by atoms with Crippen molar-refractivity contribution in [3.63, 3.8) is 0 Å². The van der Waals surface area contributed by atoms with Crippen LogP contribution in [-0.2, 0) is 25.9 Å². The number of fused-ring (bicyclic) bond motifs is 4. The smallest absolute Gasteiger partial charge is 0.262 e. The lowest BCUT2D eigenvalue weighted by molar-refractivity contribution is 0.399. The highest BCUT2D eigenvalue weighted by Gasteiger charge is 2.25. The number of ether oxygens (including phenoxy) is 1. The Hall–Kier alpha value is -3.49. The number of nitrogens with zero attached hydrogens (tertiary/aromatic N) is 3. The van der Waals surface area contributed by atoms with Gasteiger partial charge >= 0.3 is 0 Å². The molecule has 1 N–H and O–H groups in total. The average Bonchev–Trinajstić information content (AvgIpc) is 3.52. The van der Waals surface area contributed by atoms with Gasteiger partial charge in [-0.2, -0.15) is 0 Å². The molecule has 0 radical (unpaired) electrons. The molecular weight excluding hydrogens is 448 g/mol. The summed E-state index contributed by atoms with van der Waals surface area (Å²) in [6.07, 6.45) is 6.00. The topological polar surface area (TPSA) is 82.2 Å². The highest BCUT2D eigenvalue weighted by atomic mass is 32.1. The minimum absolute atomic E-state index is 0.0199. The second kappa shape index (κ2) is 8.70. The van der Waals surface area contributed by atoms with Gasteiger partial charge in [0.05, 0.1) is 31.1 Å². The average molecular weight is 473 g/mol. The highest BCUT2D eigenvalue weighted by molar-refractivity contribution is 7.18. The largest absolute Gasteiger partial charge is 0.496 e. The SMILES string of the molecule is COc1ccc2ccccc2c1Cn1cnc2sc3c(c2c1=O)CCC(NCc1ccon1)C3. The summed E-state index contributed by atoms with van der Waals surface area (Å²) in [6, 6.07) is 14.4. The van der Waals surface area contributed by atoms with Gasteiger partial charge in [-0.15, -0.1) is 11.3 Å². The van der Waals surface area contributed by atoms with E-state index in [9.17, 15) is 4.79 Å². The van der Waals surface area contributed by atoms with Crippen LogP contribution in [0.25, 0.3) is 21.0 Å². The molecule has 0 fully saturated rings. The number of rotatable bonds is 6. The van der Waals surface area contributed by atoms with E-state index in [0.717, 1.165) is 62.8 Å². The van der Waals surface area contributed by atoms with Crippen molar-refractivity contribution in [1.29, 1.82) is 0 Å². The molecule has 172 valence electrons. The van der Waals surface area contributed by atoms with Crippen LogP contribution < -0.4 is 15.6 Å². The van der Waals surface area contributed by atoms with Crippen LogP contribution in [0.15, 0.2) is 64.4 Å². The minimum Gasteiger partial charge on any atom is -0.496 e. The molecule has 0 saturated heterocycles. The first-order valence-electron chi connectivity index (χ1n) is 11.4. The maximum atomic E-state index is 13.6. The van der Waals surface area contributed by atoms with Crippen molar-refractivity contribution in [3.8, 4) is 5.75 Å². The quantitative estimate of drug-likeness (QED) is 0.397. The van der Waals surface area contributed by atoms with E-state index in [1.807, 2.05) is 30.3 Å². The van der Waals surface area contributed by atoms with Gasteiger partial charge in [0.1, 0.15) is 16.8 Å². The number of hydrogen-bond donors (Lipinski definition) is 1. The molecule has 34 heavy (non-hydrogen) atoms. The summed E-state index contributed by atoms with van der Waals surface area (Å²) in [5, 5.41) is 10.5. The Labute approximate surface area is 200 Å². The lowest BCUT2D eigenvalue weighted by Gasteiger charge is -2.23. The maximum Gasteiger partial charge on any atom is 0.262 e. The zero-order valence-corrected chi connectivity index (χ0v) is 19.6. The van der Waals surface area contributed by atoms with Crippen LogP contribution in [-0.4, -0.2) is 27.9 Å². The summed E-state index contributed by atoms with van der Waals surface area (Å²) in [5.41, 5.74) is 3.07. The van der Waals surface area contributed by atoms with Crippen LogP contribution in [0.5, 0.6) is 5.75 Å². The van der Waals surface area contributed by atoms with Crippen molar-refractivity contribution in [3.05, 3.63) is 87.1 Å². The molecule has 1 atom stereocenters. The van der Waals surface area contributed by atoms with Crippen LogP contribution >= 0.6 is 11.3 Å².